The molecule has 1 unspecified atom stereocenters. The summed E-state index contributed by atoms with van der Waals surface area (Å²) < 4.78 is 38.1. The minimum Gasteiger partial charge on any atom is -0.369 e. The van der Waals surface area contributed by atoms with Gasteiger partial charge in [-0.15, -0.1) is 0 Å². The highest BCUT2D eigenvalue weighted by molar-refractivity contribution is 5.78. The van der Waals surface area contributed by atoms with Gasteiger partial charge in [-0.3, -0.25) is 9.69 Å². The van der Waals surface area contributed by atoms with E-state index in [9.17, 15) is 13.6 Å². The minimum absolute atomic E-state index is 0.0341. The van der Waals surface area contributed by atoms with Gasteiger partial charge in [0.05, 0.1) is 19.8 Å². The minimum atomic E-state index is -0.842. The summed E-state index contributed by atoms with van der Waals surface area (Å²) in [5, 5.41) is 0. The summed E-state index contributed by atoms with van der Waals surface area (Å²) in [6.07, 6.45) is 0. The van der Waals surface area contributed by atoms with Gasteiger partial charge in [-0.05, 0) is 31.5 Å². The van der Waals surface area contributed by atoms with Gasteiger partial charge in [0, 0.05) is 25.7 Å². The quantitative estimate of drug-likeness (QED) is 0.830. The number of amides is 1. The van der Waals surface area contributed by atoms with Gasteiger partial charge >= 0.3 is 0 Å². The molecule has 2 fully saturated rings. The maximum Gasteiger partial charge on any atom is 0.248 e. The SMILES string of the molecule is CC(C)N1CC2(COCC1=O)CN(Cc1ccc(F)c(F)c1)CCO2. The summed E-state index contributed by atoms with van der Waals surface area (Å²) in [5.74, 6) is -1.71. The molecule has 1 amide bonds. The molecule has 0 aliphatic carbocycles. The Morgan fingerprint density at radius 1 is 1.24 bits per heavy atom. The number of halogens is 2. The monoisotopic (exact) mass is 354 g/mol. The molecule has 7 heteroatoms. The predicted octanol–water partition coefficient (Wildman–Crippen LogP) is 1.80. The molecule has 1 spiro atoms. The van der Waals surface area contributed by atoms with E-state index >= 15 is 0 Å². The molecule has 0 saturated carbocycles. The van der Waals surface area contributed by atoms with Crippen LogP contribution in [0.3, 0.4) is 0 Å². The lowest BCUT2D eigenvalue weighted by molar-refractivity contribution is -0.147. The third kappa shape index (κ3) is 4.16. The first-order valence-corrected chi connectivity index (χ1v) is 8.56. The van der Waals surface area contributed by atoms with Crippen LogP contribution in [-0.2, 0) is 20.8 Å². The zero-order chi connectivity index (χ0) is 18.0. The average Bonchev–Trinajstić information content (AvgIpc) is 2.71. The second-order valence-electron chi connectivity index (χ2n) is 7.10. The van der Waals surface area contributed by atoms with Crippen molar-refractivity contribution < 1.29 is 23.0 Å². The Morgan fingerprint density at radius 3 is 2.76 bits per heavy atom. The van der Waals surface area contributed by atoms with Crippen molar-refractivity contribution in [2.45, 2.75) is 32.0 Å². The molecule has 2 aliphatic rings. The summed E-state index contributed by atoms with van der Waals surface area (Å²) in [5.41, 5.74) is 0.120. The molecule has 1 aromatic carbocycles. The summed E-state index contributed by atoms with van der Waals surface area (Å²) >= 11 is 0. The molecule has 138 valence electrons. The van der Waals surface area contributed by atoms with Crippen LogP contribution in [0.2, 0.25) is 0 Å². The Bertz CT molecular complexity index is 641. The maximum atomic E-state index is 13.4. The van der Waals surface area contributed by atoms with Crippen molar-refractivity contribution in [1.82, 2.24) is 9.80 Å². The average molecular weight is 354 g/mol. The van der Waals surface area contributed by atoms with Crippen LogP contribution < -0.4 is 0 Å². The van der Waals surface area contributed by atoms with E-state index in [1.165, 1.54) is 6.07 Å². The van der Waals surface area contributed by atoms with Gasteiger partial charge in [0.15, 0.2) is 11.6 Å². The fraction of sp³-hybridized carbons (Fsp3) is 0.611. The highest BCUT2D eigenvalue weighted by Crippen LogP contribution is 2.25. The van der Waals surface area contributed by atoms with E-state index in [1.54, 1.807) is 11.0 Å². The number of ether oxygens (including phenoxy) is 2. The van der Waals surface area contributed by atoms with Crippen LogP contribution in [0, 0.1) is 11.6 Å². The smallest absolute Gasteiger partial charge is 0.248 e. The van der Waals surface area contributed by atoms with Crippen LogP contribution in [0.5, 0.6) is 0 Å². The molecule has 1 aromatic rings. The summed E-state index contributed by atoms with van der Waals surface area (Å²) in [7, 11) is 0. The molecule has 25 heavy (non-hydrogen) atoms. The molecule has 2 saturated heterocycles. The number of hydrogen-bond donors (Lipinski definition) is 0. The Balaban J connectivity index is 1.72. The number of carbonyl (C=O) groups excluding carboxylic acids is 1. The van der Waals surface area contributed by atoms with Crippen molar-refractivity contribution in [2.75, 3.05) is 39.5 Å². The number of rotatable bonds is 3. The Hall–Kier alpha value is -1.57. The molecule has 2 aliphatic heterocycles. The van der Waals surface area contributed by atoms with Crippen LogP contribution in [0.4, 0.5) is 8.78 Å². The van der Waals surface area contributed by atoms with E-state index in [0.29, 0.717) is 45.0 Å². The number of morpholine rings is 1. The number of nitrogens with zero attached hydrogens (tertiary/aromatic N) is 2. The lowest BCUT2D eigenvalue weighted by atomic mass is 10.0. The van der Waals surface area contributed by atoms with Gasteiger partial charge in [0.2, 0.25) is 5.91 Å². The van der Waals surface area contributed by atoms with Gasteiger partial charge in [0.25, 0.3) is 0 Å². The fourth-order valence-corrected chi connectivity index (χ4v) is 3.46. The molecule has 2 heterocycles. The first kappa shape index (κ1) is 18.2. The third-order valence-corrected chi connectivity index (χ3v) is 4.71. The molecular formula is C18H24F2N2O3. The third-order valence-electron chi connectivity index (χ3n) is 4.71. The molecule has 1 atom stereocenters. The van der Waals surface area contributed by atoms with E-state index in [0.717, 1.165) is 6.07 Å². The second kappa shape index (κ2) is 7.35. The summed E-state index contributed by atoms with van der Waals surface area (Å²) in [6.45, 7) is 7.09. The van der Waals surface area contributed by atoms with Crippen LogP contribution in [-0.4, -0.2) is 66.8 Å². The van der Waals surface area contributed by atoms with Crippen LogP contribution in [0.1, 0.15) is 19.4 Å². The van der Waals surface area contributed by atoms with Gasteiger partial charge < -0.3 is 14.4 Å². The van der Waals surface area contributed by atoms with Crippen LogP contribution in [0.25, 0.3) is 0 Å². The Labute approximate surface area is 146 Å². The van der Waals surface area contributed by atoms with E-state index in [1.807, 2.05) is 13.8 Å². The van der Waals surface area contributed by atoms with Crippen molar-refractivity contribution in [2.24, 2.45) is 0 Å². The zero-order valence-corrected chi connectivity index (χ0v) is 14.6. The highest BCUT2D eigenvalue weighted by atomic mass is 19.2. The summed E-state index contributed by atoms with van der Waals surface area (Å²) in [6, 6.07) is 4.03. The maximum absolute atomic E-state index is 13.4. The van der Waals surface area contributed by atoms with Crippen molar-refractivity contribution in [3.63, 3.8) is 0 Å². The standard InChI is InChI=1S/C18H24F2N2O3/c1-13(2)22-11-18(12-24-9-17(22)23)10-21(5-6-25-18)8-14-3-4-15(19)16(20)7-14/h3-4,7,13H,5-6,8-12H2,1-2H3. The molecule has 0 N–H and O–H groups in total. The van der Waals surface area contributed by atoms with E-state index in [-0.39, 0.29) is 18.6 Å². The van der Waals surface area contributed by atoms with Gasteiger partial charge in [0.1, 0.15) is 12.2 Å². The van der Waals surface area contributed by atoms with Crippen molar-refractivity contribution in [1.29, 1.82) is 0 Å². The van der Waals surface area contributed by atoms with E-state index in [4.69, 9.17) is 9.47 Å². The van der Waals surface area contributed by atoms with E-state index in [2.05, 4.69) is 4.90 Å². The number of carbonyl (C=O) groups is 1. The van der Waals surface area contributed by atoms with Crippen molar-refractivity contribution >= 4 is 5.91 Å². The Kier molecular flexibility index (Phi) is 5.36. The normalized spacial score (nSPS) is 25.6. The Morgan fingerprint density at radius 2 is 2.04 bits per heavy atom. The van der Waals surface area contributed by atoms with Crippen molar-refractivity contribution in [3.05, 3.63) is 35.4 Å². The van der Waals surface area contributed by atoms with Crippen molar-refractivity contribution in [3.8, 4) is 0 Å². The highest BCUT2D eigenvalue weighted by Gasteiger charge is 2.42. The van der Waals surface area contributed by atoms with Gasteiger partial charge in [-0.25, -0.2) is 8.78 Å². The van der Waals surface area contributed by atoms with Crippen LogP contribution in [0.15, 0.2) is 18.2 Å². The lowest BCUT2D eigenvalue weighted by Gasteiger charge is -2.44. The molecule has 0 radical (unpaired) electrons. The summed E-state index contributed by atoms with van der Waals surface area (Å²) in [4.78, 5) is 16.1. The first-order valence-electron chi connectivity index (χ1n) is 8.56. The number of benzene rings is 1. The fourth-order valence-electron chi connectivity index (χ4n) is 3.46. The first-order chi connectivity index (χ1) is 11.9. The molecule has 0 bridgehead atoms. The second-order valence-corrected chi connectivity index (χ2v) is 7.10. The molecule has 5 nitrogen and oxygen atoms in total. The largest absolute Gasteiger partial charge is 0.369 e. The van der Waals surface area contributed by atoms with E-state index < -0.39 is 17.2 Å². The molecular weight excluding hydrogens is 330 g/mol. The van der Waals surface area contributed by atoms with Crippen LogP contribution >= 0.6 is 0 Å². The topological polar surface area (TPSA) is 42.0 Å². The lowest BCUT2D eigenvalue weighted by Crippen LogP contribution is -2.59. The zero-order valence-electron chi connectivity index (χ0n) is 14.6. The predicted molar refractivity (Wildman–Crippen MR) is 88.0 cm³/mol. The van der Waals surface area contributed by atoms with Gasteiger partial charge in [-0.2, -0.15) is 0 Å². The van der Waals surface area contributed by atoms with Gasteiger partial charge in [-0.1, -0.05) is 6.07 Å². The molecule has 3 rings (SSSR count). The molecule has 0 aromatic heterocycles. The number of hydrogen-bond acceptors (Lipinski definition) is 4.